The molecule has 2 aromatic rings. The number of benzene rings is 1. The summed E-state index contributed by atoms with van der Waals surface area (Å²) in [5, 5.41) is 3.07. The molecule has 1 amide bonds. The van der Waals surface area contributed by atoms with E-state index < -0.39 is 0 Å². The molecule has 4 rings (SSSR count). The molecule has 31 heavy (non-hydrogen) atoms. The fourth-order valence-electron chi connectivity index (χ4n) is 4.09. The van der Waals surface area contributed by atoms with Gasteiger partial charge in [-0.3, -0.25) is 9.69 Å². The number of hydrogen-bond donors (Lipinski definition) is 1. The van der Waals surface area contributed by atoms with Gasteiger partial charge in [-0.1, -0.05) is 12.1 Å². The molecule has 0 aliphatic carbocycles. The van der Waals surface area contributed by atoms with Crippen molar-refractivity contribution in [3.05, 3.63) is 42.2 Å². The molecular weight excluding hydrogens is 400 g/mol. The smallest absolute Gasteiger partial charge is 0.290 e. The van der Waals surface area contributed by atoms with Crippen LogP contribution in [-0.2, 0) is 9.47 Å². The van der Waals surface area contributed by atoms with E-state index in [1.54, 1.807) is 31.4 Å². The highest BCUT2D eigenvalue weighted by molar-refractivity contribution is 5.91. The number of para-hydroxylation sites is 2. The summed E-state index contributed by atoms with van der Waals surface area (Å²) in [6, 6.07) is 10.5. The fraction of sp³-hybridized carbons (Fsp3) is 0.522. The number of furan rings is 1. The highest BCUT2D eigenvalue weighted by Crippen LogP contribution is 2.33. The number of nitrogens with zero attached hydrogens (tertiary/aromatic N) is 1. The third-order valence-corrected chi connectivity index (χ3v) is 5.92. The van der Waals surface area contributed by atoms with Crippen LogP contribution in [0.25, 0.3) is 0 Å². The molecule has 0 unspecified atom stereocenters. The van der Waals surface area contributed by atoms with Crippen LogP contribution < -0.4 is 14.8 Å². The van der Waals surface area contributed by atoms with Crippen molar-refractivity contribution >= 4 is 5.91 Å². The van der Waals surface area contributed by atoms with Crippen molar-refractivity contribution in [3.63, 3.8) is 0 Å². The van der Waals surface area contributed by atoms with Crippen molar-refractivity contribution in [2.24, 2.45) is 5.41 Å². The van der Waals surface area contributed by atoms with Crippen molar-refractivity contribution in [1.29, 1.82) is 0 Å². The van der Waals surface area contributed by atoms with Crippen LogP contribution in [0, 0.1) is 5.41 Å². The van der Waals surface area contributed by atoms with Crippen molar-refractivity contribution in [2.75, 3.05) is 59.7 Å². The SMILES string of the molecule is COc1ccccc1Oc1ccc(C(=O)NCC2(CN3CCOCC3)CCOCC2)o1. The molecular formula is C23H30N2O6. The van der Waals surface area contributed by atoms with E-state index in [-0.39, 0.29) is 23.0 Å². The van der Waals surface area contributed by atoms with Crippen molar-refractivity contribution in [2.45, 2.75) is 12.8 Å². The molecule has 2 aliphatic heterocycles. The van der Waals surface area contributed by atoms with Crippen LogP contribution in [0.3, 0.4) is 0 Å². The molecule has 3 heterocycles. The standard InChI is InChI=1S/C23H30N2O6/c1-27-18-4-2-3-5-19(18)30-21-7-6-20(31-21)22(26)24-16-23(8-12-28-13-9-23)17-25-10-14-29-15-11-25/h2-7H,8-17H2,1H3,(H,24,26). The Hall–Kier alpha value is -2.55. The van der Waals surface area contributed by atoms with E-state index in [1.165, 1.54) is 0 Å². The topological polar surface area (TPSA) is 82.4 Å². The number of morpholine rings is 1. The van der Waals surface area contributed by atoms with Crippen molar-refractivity contribution in [1.82, 2.24) is 10.2 Å². The summed E-state index contributed by atoms with van der Waals surface area (Å²) in [5.41, 5.74) is -0.00538. The van der Waals surface area contributed by atoms with Crippen molar-refractivity contribution in [3.8, 4) is 17.4 Å². The van der Waals surface area contributed by atoms with Gasteiger partial charge in [0, 0.05) is 50.9 Å². The Morgan fingerprint density at radius 1 is 1.03 bits per heavy atom. The third-order valence-electron chi connectivity index (χ3n) is 5.92. The van der Waals surface area contributed by atoms with Crippen LogP contribution >= 0.6 is 0 Å². The molecule has 2 aliphatic rings. The first-order valence-electron chi connectivity index (χ1n) is 10.7. The molecule has 0 radical (unpaired) electrons. The predicted molar refractivity (Wildman–Crippen MR) is 114 cm³/mol. The van der Waals surface area contributed by atoms with Gasteiger partial charge < -0.3 is 28.7 Å². The maximum absolute atomic E-state index is 12.8. The van der Waals surface area contributed by atoms with Crippen LogP contribution in [0.1, 0.15) is 23.4 Å². The fourth-order valence-corrected chi connectivity index (χ4v) is 4.09. The summed E-state index contributed by atoms with van der Waals surface area (Å²) in [7, 11) is 1.58. The minimum Gasteiger partial charge on any atom is -0.493 e. The lowest BCUT2D eigenvalue weighted by Gasteiger charge is -2.42. The number of rotatable bonds is 8. The van der Waals surface area contributed by atoms with E-state index in [1.807, 2.05) is 12.1 Å². The highest BCUT2D eigenvalue weighted by atomic mass is 16.6. The Kier molecular flexibility index (Phi) is 7.11. The van der Waals surface area contributed by atoms with Gasteiger partial charge in [0.1, 0.15) is 0 Å². The average Bonchev–Trinajstić information content (AvgIpc) is 3.28. The molecule has 1 aromatic heterocycles. The van der Waals surface area contributed by atoms with E-state index in [2.05, 4.69) is 10.2 Å². The molecule has 0 bridgehead atoms. The number of hydrogen-bond acceptors (Lipinski definition) is 7. The second-order valence-electron chi connectivity index (χ2n) is 8.06. The Bertz CT molecular complexity index is 855. The van der Waals surface area contributed by atoms with E-state index >= 15 is 0 Å². The Morgan fingerprint density at radius 3 is 2.48 bits per heavy atom. The lowest BCUT2D eigenvalue weighted by atomic mass is 9.79. The molecule has 1 N–H and O–H groups in total. The zero-order chi connectivity index (χ0) is 21.5. The Labute approximate surface area is 182 Å². The number of amides is 1. The summed E-state index contributed by atoms with van der Waals surface area (Å²) in [5.74, 6) is 1.33. The predicted octanol–water partition coefficient (Wildman–Crippen LogP) is 2.94. The Balaban J connectivity index is 1.37. The summed E-state index contributed by atoms with van der Waals surface area (Å²) >= 11 is 0. The quantitative estimate of drug-likeness (QED) is 0.689. The molecule has 2 saturated heterocycles. The van der Waals surface area contributed by atoms with Crippen LogP contribution in [0.15, 0.2) is 40.8 Å². The van der Waals surface area contributed by atoms with Crippen LogP contribution in [0.4, 0.5) is 0 Å². The minimum atomic E-state index is -0.247. The second kappa shape index (κ2) is 10.2. The zero-order valence-electron chi connectivity index (χ0n) is 17.9. The maximum atomic E-state index is 12.8. The van der Waals surface area contributed by atoms with Gasteiger partial charge in [0.2, 0.25) is 0 Å². The van der Waals surface area contributed by atoms with Gasteiger partial charge in [-0.15, -0.1) is 0 Å². The number of nitrogens with one attached hydrogen (secondary N) is 1. The van der Waals surface area contributed by atoms with Gasteiger partial charge in [-0.05, 0) is 31.0 Å². The largest absolute Gasteiger partial charge is 0.493 e. The Morgan fingerprint density at radius 2 is 1.74 bits per heavy atom. The molecule has 0 saturated carbocycles. The van der Waals surface area contributed by atoms with Gasteiger partial charge in [0.05, 0.1) is 20.3 Å². The molecule has 8 heteroatoms. The minimum absolute atomic E-state index is 0.00538. The van der Waals surface area contributed by atoms with Gasteiger partial charge in [0.15, 0.2) is 17.3 Å². The molecule has 0 spiro atoms. The number of carbonyl (C=O) groups excluding carboxylic acids is 1. The zero-order valence-corrected chi connectivity index (χ0v) is 17.9. The summed E-state index contributed by atoms with van der Waals surface area (Å²) in [6.45, 7) is 6.34. The molecule has 8 nitrogen and oxygen atoms in total. The van der Waals surface area contributed by atoms with Gasteiger partial charge in [-0.25, -0.2) is 0 Å². The lowest BCUT2D eigenvalue weighted by molar-refractivity contribution is -0.0283. The summed E-state index contributed by atoms with van der Waals surface area (Å²) < 4.78 is 27.7. The molecule has 2 fully saturated rings. The van der Waals surface area contributed by atoms with Crippen LogP contribution in [0.5, 0.6) is 17.4 Å². The van der Waals surface area contributed by atoms with E-state index in [0.29, 0.717) is 18.0 Å². The first-order valence-corrected chi connectivity index (χ1v) is 10.7. The highest BCUT2D eigenvalue weighted by Gasteiger charge is 2.35. The first-order chi connectivity index (χ1) is 15.2. The number of ether oxygens (including phenoxy) is 4. The maximum Gasteiger partial charge on any atom is 0.290 e. The van der Waals surface area contributed by atoms with Crippen molar-refractivity contribution < 1.29 is 28.2 Å². The summed E-state index contributed by atoms with van der Waals surface area (Å²) in [4.78, 5) is 15.2. The van der Waals surface area contributed by atoms with E-state index in [4.69, 9.17) is 23.4 Å². The molecule has 0 atom stereocenters. The number of carbonyl (C=O) groups is 1. The van der Waals surface area contributed by atoms with Crippen LogP contribution in [-0.4, -0.2) is 70.5 Å². The molecule has 1 aromatic carbocycles. The normalized spacial score (nSPS) is 19.0. The first kappa shape index (κ1) is 21.7. The van der Waals surface area contributed by atoms with Gasteiger partial charge >= 0.3 is 0 Å². The second-order valence-corrected chi connectivity index (χ2v) is 8.06. The van der Waals surface area contributed by atoms with E-state index in [0.717, 1.165) is 58.9 Å². The van der Waals surface area contributed by atoms with E-state index in [9.17, 15) is 4.79 Å². The average molecular weight is 431 g/mol. The third kappa shape index (κ3) is 5.58. The lowest BCUT2D eigenvalue weighted by Crippen LogP contribution is -2.50. The number of methoxy groups -OCH3 is 1. The molecule has 168 valence electrons. The van der Waals surface area contributed by atoms with Gasteiger partial charge in [0.25, 0.3) is 11.9 Å². The van der Waals surface area contributed by atoms with Gasteiger partial charge in [-0.2, -0.15) is 0 Å². The monoisotopic (exact) mass is 430 g/mol. The van der Waals surface area contributed by atoms with Crippen LogP contribution in [0.2, 0.25) is 0 Å². The summed E-state index contributed by atoms with van der Waals surface area (Å²) in [6.07, 6.45) is 1.84.